The molecule has 0 bridgehead atoms. The Balaban J connectivity index is 2.34. The molecule has 0 atom stereocenters. The minimum absolute atomic E-state index is 0.0807. The summed E-state index contributed by atoms with van der Waals surface area (Å²) in [5.74, 6) is -6.18. The molecule has 0 radical (unpaired) electrons. The lowest BCUT2D eigenvalue weighted by Gasteiger charge is -2.40. The number of hydrogen-bond donors (Lipinski definition) is 0. The molecule has 0 fully saturated rings. The van der Waals surface area contributed by atoms with Gasteiger partial charge in [0.05, 0.1) is 0 Å². The van der Waals surface area contributed by atoms with E-state index < -0.39 is 38.0 Å². The van der Waals surface area contributed by atoms with Gasteiger partial charge in [-0.05, 0) is 46.7 Å². The van der Waals surface area contributed by atoms with Gasteiger partial charge in [-0.3, -0.25) is 0 Å². The minimum atomic E-state index is -6.59. The molecule has 0 unspecified atom stereocenters. The van der Waals surface area contributed by atoms with Crippen molar-refractivity contribution in [2.24, 2.45) is 0 Å². The maximum absolute atomic E-state index is 14.4. The van der Waals surface area contributed by atoms with E-state index >= 15 is 0 Å². The molecule has 3 nitrogen and oxygen atoms in total. The van der Waals surface area contributed by atoms with Gasteiger partial charge in [-0.1, -0.05) is 54.6 Å². The van der Waals surface area contributed by atoms with Crippen molar-refractivity contribution in [2.75, 3.05) is 0 Å². The summed E-state index contributed by atoms with van der Waals surface area (Å²) < 4.78 is 112. The molecular formula is C21H16F6O3S2. The SMILES string of the molecule is O=S(=O)(OS(c1ccccc1)(c1ccccc1)c1ccccc1)C(F)(F)C(F)(F)C(F)F. The first-order valence-electron chi connectivity index (χ1n) is 8.95. The summed E-state index contributed by atoms with van der Waals surface area (Å²) in [7, 11) is -10.2. The first kappa shape index (κ1) is 24.1. The molecule has 0 aliphatic carbocycles. The van der Waals surface area contributed by atoms with Gasteiger partial charge in [0.2, 0.25) is 0 Å². The second-order valence-electron chi connectivity index (χ2n) is 6.46. The van der Waals surface area contributed by atoms with E-state index in [4.69, 9.17) is 3.63 Å². The van der Waals surface area contributed by atoms with Crippen LogP contribution in [0.3, 0.4) is 0 Å². The molecule has 0 aliphatic rings. The van der Waals surface area contributed by atoms with Crippen LogP contribution in [0.4, 0.5) is 26.3 Å². The second-order valence-corrected chi connectivity index (χ2v) is 10.9. The van der Waals surface area contributed by atoms with E-state index in [-0.39, 0.29) is 14.7 Å². The van der Waals surface area contributed by atoms with Crippen LogP contribution < -0.4 is 0 Å². The summed E-state index contributed by atoms with van der Waals surface area (Å²) in [6.45, 7) is 0. The molecule has 0 saturated heterocycles. The Kier molecular flexibility index (Phi) is 6.64. The monoisotopic (exact) mass is 494 g/mol. The maximum atomic E-state index is 14.4. The van der Waals surface area contributed by atoms with Gasteiger partial charge < -0.3 is 0 Å². The standard InChI is InChI=1S/C21H16F6O3S2/c22-19(23)20(24,25)21(26,27)32(28,29)30-31(16-10-4-1-5-11-16,17-12-6-2-7-13-17)18-14-8-3-9-15-18/h1-15,19H. The molecule has 32 heavy (non-hydrogen) atoms. The van der Waals surface area contributed by atoms with Gasteiger partial charge >= 0.3 is 27.7 Å². The predicted molar refractivity (Wildman–Crippen MR) is 108 cm³/mol. The van der Waals surface area contributed by atoms with Crippen molar-refractivity contribution >= 4 is 20.4 Å². The summed E-state index contributed by atoms with van der Waals surface area (Å²) in [6, 6.07) is 21.9. The molecular weight excluding hydrogens is 478 g/mol. The van der Waals surface area contributed by atoms with Crippen LogP contribution in [0.2, 0.25) is 0 Å². The normalized spacial score (nSPS) is 13.8. The van der Waals surface area contributed by atoms with Crippen LogP contribution in [0.15, 0.2) is 106 Å². The Labute approximate surface area is 182 Å². The van der Waals surface area contributed by atoms with Crippen LogP contribution in [-0.4, -0.2) is 26.0 Å². The fourth-order valence-electron chi connectivity index (χ4n) is 2.83. The van der Waals surface area contributed by atoms with Crippen molar-refractivity contribution in [3.63, 3.8) is 0 Å². The Morgan fingerprint density at radius 2 is 0.938 bits per heavy atom. The third kappa shape index (κ3) is 4.00. The highest BCUT2D eigenvalue weighted by atomic mass is 32.3. The van der Waals surface area contributed by atoms with Crippen molar-refractivity contribution in [1.29, 1.82) is 0 Å². The molecule has 0 amide bonds. The summed E-state index contributed by atoms with van der Waals surface area (Å²) in [5, 5.41) is -6.20. The molecule has 3 rings (SSSR count). The largest absolute Gasteiger partial charge is 0.438 e. The maximum Gasteiger partial charge on any atom is 0.438 e. The minimum Gasteiger partial charge on any atom is -0.203 e. The number of halogens is 6. The van der Waals surface area contributed by atoms with Gasteiger partial charge in [0, 0.05) is 14.7 Å². The number of benzene rings is 3. The Hall–Kier alpha value is -2.50. The van der Waals surface area contributed by atoms with Gasteiger partial charge in [0.15, 0.2) is 0 Å². The lowest BCUT2D eigenvalue weighted by Crippen LogP contribution is -2.52. The van der Waals surface area contributed by atoms with Crippen LogP contribution in [-0.2, 0) is 13.7 Å². The topological polar surface area (TPSA) is 43.4 Å². The molecule has 0 saturated carbocycles. The Morgan fingerprint density at radius 3 is 1.22 bits per heavy atom. The summed E-state index contributed by atoms with van der Waals surface area (Å²) in [5.41, 5.74) is 0. The van der Waals surface area contributed by atoms with E-state index in [1.165, 1.54) is 72.8 Å². The van der Waals surface area contributed by atoms with Crippen LogP contribution in [0, 0.1) is 0 Å². The van der Waals surface area contributed by atoms with E-state index in [2.05, 4.69) is 0 Å². The van der Waals surface area contributed by atoms with Crippen molar-refractivity contribution < 1.29 is 38.4 Å². The molecule has 3 aromatic rings. The van der Waals surface area contributed by atoms with Crippen molar-refractivity contribution in [1.82, 2.24) is 0 Å². The van der Waals surface area contributed by atoms with Crippen LogP contribution in [0.5, 0.6) is 0 Å². The first-order chi connectivity index (χ1) is 15.0. The number of rotatable bonds is 8. The van der Waals surface area contributed by atoms with Crippen LogP contribution >= 0.6 is 10.3 Å². The zero-order valence-corrected chi connectivity index (χ0v) is 17.7. The Morgan fingerprint density at radius 1 is 0.625 bits per heavy atom. The zero-order chi connectivity index (χ0) is 23.6. The number of alkyl halides is 6. The lowest BCUT2D eigenvalue weighted by atomic mass is 10.4. The smallest absolute Gasteiger partial charge is 0.203 e. The highest BCUT2D eigenvalue weighted by Gasteiger charge is 2.72. The first-order valence-corrected chi connectivity index (χ1v) is 11.9. The highest BCUT2D eigenvalue weighted by molar-refractivity contribution is 8.33. The van der Waals surface area contributed by atoms with E-state index in [0.29, 0.717) is 0 Å². The van der Waals surface area contributed by atoms with Crippen LogP contribution in [0.25, 0.3) is 0 Å². The molecule has 3 aromatic carbocycles. The van der Waals surface area contributed by atoms with Gasteiger partial charge in [-0.2, -0.15) is 26.0 Å². The summed E-state index contributed by atoms with van der Waals surface area (Å²) in [4.78, 5) is 0.242. The van der Waals surface area contributed by atoms with Crippen molar-refractivity contribution in [2.45, 2.75) is 32.3 Å². The molecule has 0 aliphatic heterocycles. The fraction of sp³-hybridized carbons (Fsp3) is 0.143. The van der Waals surface area contributed by atoms with Crippen molar-refractivity contribution in [3.05, 3.63) is 91.0 Å². The average Bonchev–Trinajstić information content (AvgIpc) is 2.79. The third-order valence-electron chi connectivity index (χ3n) is 4.39. The molecule has 172 valence electrons. The van der Waals surface area contributed by atoms with Gasteiger partial charge in [0.25, 0.3) is 0 Å². The molecule has 0 N–H and O–H groups in total. The van der Waals surface area contributed by atoms with Gasteiger partial charge in [-0.25, -0.2) is 12.4 Å². The highest BCUT2D eigenvalue weighted by Crippen LogP contribution is 2.70. The molecule has 0 spiro atoms. The van der Waals surface area contributed by atoms with E-state index in [9.17, 15) is 34.8 Å². The summed E-state index contributed by atoms with van der Waals surface area (Å²) >= 11 is 0. The second kappa shape index (κ2) is 8.80. The molecule has 0 aromatic heterocycles. The zero-order valence-electron chi connectivity index (χ0n) is 16.0. The van der Waals surface area contributed by atoms with Crippen molar-refractivity contribution in [3.8, 4) is 0 Å². The van der Waals surface area contributed by atoms with Gasteiger partial charge in [-0.15, -0.1) is 0 Å². The lowest BCUT2D eigenvalue weighted by molar-refractivity contribution is -0.227. The van der Waals surface area contributed by atoms with E-state index in [1.807, 2.05) is 0 Å². The number of hydrogen-bond acceptors (Lipinski definition) is 3. The molecule has 0 heterocycles. The third-order valence-corrected chi connectivity index (χ3v) is 9.63. The van der Waals surface area contributed by atoms with Gasteiger partial charge in [0.1, 0.15) is 0 Å². The predicted octanol–water partition coefficient (Wildman–Crippen LogP) is 6.72. The summed E-state index contributed by atoms with van der Waals surface area (Å²) in [6.07, 6.45) is -4.94. The van der Waals surface area contributed by atoms with E-state index in [1.54, 1.807) is 18.2 Å². The Bertz CT molecular complexity index is 1050. The average molecular weight is 494 g/mol. The fourth-order valence-corrected chi connectivity index (χ4v) is 8.05. The molecule has 11 heteroatoms. The quantitative estimate of drug-likeness (QED) is 0.327. The van der Waals surface area contributed by atoms with E-state index in [0.717, 1.165) is 0 Å². The van der Waals surface area contributed by atoms with Crippen LogP contribution in [0.1, 0.15) is 0 Å².